The van der Waals surface area contributed by atoms with Crippen molar-refractivity contribution >= 4 is 35.6 Å². The third-order valence-electron chi connectivity index (χ3n) is 3.89. The van der Waals surface area contributed by atoms with Gasteiger partial charge in [-0.05, 0) is 19.3 Å². The van der Waals surface area contributed by atoms with Crippen LogP contribution in [0.2, 0.25) is 0 Å². The molecule has 0 aliphatic rings. The van der Waals surface area contributed by atoms with Gasteiger partial charge in [-0.3, -0.25) is 24.2 Å². The number of carboxylic acids is 1. The summed E-state index contributed by atoms with van der Waals surface area (Å²) >= 11 is 0. The van der Waals surface area contributed by atoms with Crippen LogP contribution in [0.3, 0.4) is 0 Å². The molecule has 15 heteroatoms. The molecule has 3 unspecified atom stereocenters. The zero-order chi connectivity index (χ0) is 24.0. The highest BCUT2D eigenvalue weighted by atomic mass is 16.4. The van der Waals surface area contributed by atoms with Crippen LogP contribution in [0.25, 0.3) is 0 Å². The first kappa shape index (κ1) is 27.5. The number of carbonyl (C=O) groups excluding carboxylic acids is 4. The summed E-state index contributed by atoms with van der Waals surface area (Å²) in [6.45, 7) is -1.08. The summed E-state index contributed by atoms with van der Waals surface area (Å²) < 4.78 is 0. The Morgan fingerprint density at radius 3 is 1.94 bits per heavy atom. The molecule has 0 heterocycles. The normalized spacial score (nSPS) is 13.2. The summed E-state index contributed by atoms with van der Waals surface area (Å²) in [7, 11) is 0. The van der Waals surface area contributed by atoms with Crippen molar-refractivity contribution in [2.45, 2.75) is 43.8 Å². The van der Waals surface area contributed by atoms with E-state index in [9.17, 15) is 34.2 Å². The standard InChI is InChI=1S/C16H30N8O7/c17-6-12(27)22-10(7-25)14(29)23-8(3-4-11(18)26)13(28)24-9(15(30)31)2-1-5-21-16(19)20/h8-10,25H,1-7,17H2,(H2,18,26)(H,22,27)(H,23,29)(H,24,28)(H,30,31)(H4,19,20,21). The number of primary amides is 1. The maximum Gasteiger partial charge on any atom is 0.326 e. The predicted octanol–water partition coefficient (Wildman–Crippen LogP) is -5.20. The topological polar surface area (TPSA) is 278 Å². The number of amides is 4. The van der Waals surface area contributed by atoms with Crippen LogP contribution in [0.15, 0.2) is 4.99 Å². The number of rotatable bonds is 15. The molecule has 0 saturated carbocycles. The molecule has 0 rings (SSSR count). The lowest BCUT2D eigenvalue weighted by molar-refractivity contribution is -0.142. The lowest BCUT2D eigenvalue weighted by Gasteiger charge is -2.23. The highest BCUT2D eigenvalue weighted by molar-refractivity contribution is 5.93. The molecule has 4 amide bonds. The van der Waals surface area contributed by atoms with E-state index in [1.54, 1.807) is 0 Å². The molecule has 0 fully saturated rings. The van der Waals surface area contributed by atoms with Gasteiger partial charge in [-0.2, -0.15) is 0 Å². The number of hydrogen-bond donors (Lipinski definition) is 9. The molecular weight excluding hydrogens is 416 g/mol. The van der Waals surface area contributed by atoms with E-state index in [0.29, 0.717) is 0 Å². The fourth-order valence-electron chi connectivity index (χ4n) is 2.31. The van der Waals surface area contributed by atoms with Crippen LogP contribution in [-0.4, -0.2) is 83.6 Å². The van der Waals surface area contributed by atoms with Crippen molar-refractivity contribution in [2.24, 2.45) is 27.9 Å². The molecule has 0 aliphatic carbocycles. The van der Waals surface area contributed by atoms with E-state index in [1.165, 1.54) is 0 Å². The van der Waals surface area contributed by atoms with Crippen LogP contribution >= 0.6 is 0 Å². The fourth-order valence-corrected chi connectivity index (χ4v) is 2.31. The second-order valence-corrected chi connectivity index (χ2v) is 6.42. The number of aliphatic carboxylic acids is 1. The minimum atomic E-state index is -1.41. The minimum Gasteiger partial charge on any atom is -0.480 e. The zero-order valence-electron chi connectivity index (χ0n) is 16.9. The molecule has 0 radical (unpaired) electrons. The van der Waals surface area contributed by atoms with E-state index < -0.39 is 60.9 Å². The number of nitrogens with one attached hydrogen (secondary N) is 3. The van der Waals surface area contributed by atoms with Gasteiger partial charge in [-0.25, -0.2) is 4.79 Å². The second kappa shape index (κ2) is 14.5. The first-order chi connectivity index (χ1) is 14.5. The SMILES string of the molecule is NCC(=O)NC(CO)C(=O)NC(CCC(N)=O)C(=O)NC(CCCN=C(N)N)C(=O)O. The molecular formula is C16H30N8O7. The first-order valence-electron chi connectivity index (χ1n) is 9.29. The summed E-state index contributed by atoms with van der Waals surface area (Å²) in [5, 5.41) is 25.3. The molecule has 0 aliphatic heterocycles. The Balaban J connectivity index is 5.21. The average molecular weight is 446 g/mol. The lowest BCUT2D eigenvalue weighted by atomic mass is 10.1. The van der Waals surface area contributed by atoms with Crippen molar-refractivity contribution in [3.05, 3.63) is 0 Å². The van der Waals surface area contributed by atoms with Crippen LogP contribution < -0.4 is 38.9 Å². The Morgan fingerprint density at radius 2 is 1.45 bits per heavy atom. The quantitative estimate of drug-likeness (QED) is 0.0654. The summed E-state index contributed by atoms with van der Waals surface area (Å²) in [5.41, 5.74) is 20.6. The number of aliphatic imine (C=N–C) groups is 1. The molecule has 13 N–H and O–H groups in total. The number of carbonyl (C=O) groups is 5. The monoisotopic (exact) mass is 446 g/mol. The van der Waals surface area contributed by atoms with Crippen LogP contribution in [-0.2, 0) is 24.0 Å². The molecule has 0 aromatic heterocycles. The Labute approximate surface area is 178 Å². The van der Waals surface area contributed by atoms with E-state index in [1.807, 2.05) is 0 Å². The molecule has 0 spiro atoms. The van der Waals surface area contributed by atoms with E-state index in [4.69, 9.17) is 22.9 Å². The van der Waals surface area contributed by atoms with Crippen LogP contribution in [0.4, 0.5) is 0 Å². The molecule has 15 nitrogen and oxygen atoms in total. The van der Waals surface area contributed by atoms with Crippen molar-refractivity contribution in [2.75, 3.05) is 19.7 Å². The molecule has 0 aromatic carbocycles. The maximum absolute atomic E-state index is 12.6. The van der Waals surface area contributed by atoms with Gasteiger partial charge in [0.1, 0.15) is 18.1 Å². The molecule has 31 heavy (non-hydrogen) atoms. The number of hydrogen-bond acceptors (Lipinski definition) is 8. The average Bonchev–Trinajstić information content (AvgIpc) is 2.70. The van der Waals surface area contributed by atoms with Gasteiger partial charge in [0.15, 0.2) is 5.96 Å². The van der Waals surface area contributed by atoms with Gasteiger partial charge in [0.2, 0.25) is 23.6 Å². The Bertz CT molecular complexity index is 681. The molecule has 176 valence electrons. The number of guanidine groups is 1. The Kier molecular flexibility index (Phi) is 12.9. The molecule has 0 aromatic rings. The van der Waals surface area contributed by atoms with Crippen LogP contribution in [0.5, 0.6) is 0 Å². The van der Waals surface area contributed by atoms with Crippen LogP contribution in [0, 0.1) is 0 Å². The van der Waals surface area contributed by atoms with Gasteiger partial charge in [-0.1, -0.05) is 0 Å². The number of aliphatic hydroxyl groups is 1. The molecule has 0 saturated heterocycles. The van der Waals surface area contributed by atoms with Gasteiger partial charge in [0.25, 0.3) is 0 Å². The van der Waals surface area contributed by atoms with E-state index in [-0.39, 0.29) is 38.2 Å². The summed E-state index contributed by atoms with van der Waals surface area (Å²) in [6.07, 6.45) is -0.304. The second-order valence-electron chi connectivity index (χ2n) is 6.42. The van der Waals surface area contributed by atoms with Crippen molar-refractivity contribution in [3.63, 3.8) is 0 Å². The maximum atomic E-state index is 12.6. The van der Waals surface area contributed by atoms with Crippen molar-refractivity contribution in [1.29, 1.82) is 0 Å². The van der Waals surface area contributed by atoms with Crippen molar-refractivity contribution in [3.8, 4) is 0 Å². The Hall–Kier alpha value is -3.46. The third kappa shape index (κ3) is 12.0. The highest BCUT2D eigenvalue weighted by Crippen LogP contribution is 2.03. The van der Waals surface area contributed by atoms with Crippen LogP contribution in [0.1, 0.15) is 25.7 Å². The zero-order valence-corrected chi connectivity index (χ0v) is 16.9. The van der Waals surface area contributed by atoms with Gasteiger partial charge in [0, 0.05) is 13.0 Å². The number of carboxylic acid groups (broad SMARTS) is 1. The largest absolute Gasteiger partial charge is 0.480 e. The van der Waals surface area contributed by atoms with Gasteiger partial charge in [0.05, 0.1) is 13.2 Å². The van der Waals surface area contributed by atoms with Crippen molar-refractivity contribution in [1.82, 2.24) is 16.0 Å². The lowest BCUT2D eigenvalue weighted by Crippen LogP contribution is -2.57. The van der Waals surface area contributed by atoms with E-state index in [2.05, 4.69) is 20.9 Å². The summed E-state index contributed by atoms with van der Waals surface area (Å²) in [5.74, 6) is -4.81. The smallest absolute Gasteiger partial charge is 0.326 e. The molecule has 0 bridgehead atoms. The van der Waals surface area contributed by atoms with E-state index >= 15 is 0 Å². The molecule has 3 atom stereocenters. The number of aliphatic hydroxyl groups excluding tert-OH is 1. The highest BCUT2D eigenvalue weighted by Gasteiger charge is 2.29. The Morgan fingerprint density at radius 1 is 0.871 bits per heavy atom. The summed E-state index contributed by atoms with van der Waals surface area (Å²) in [4.78, 5) is 62.4. The summed E-state index contributed by atoms with van der Waals surface area (Å²) in [6, 6.07) is -4.08. The third-order valence-corrected chi connectivity index (χ3v) is 3.89. The van der Waals surface area contributed by atoms with Gasteiger partial charge >= 0.3 is 5.97 Å². The van der Waals surface area contributed by atoms with Crippen molar-refractivity contribution < 1.29 is 34.2 Å². The fraction of sp³-hybridized carbons (Fsp3) is 0.625. The number of nitrogens with two attached hydrogens (primary N) is 4. The first-order valence-corrected chi connectivity index (χ1v) is 9.29. The predicted molar refractivity (Wildman–Crippen MR) is 108 cm³/mol. The van der Waals surface area contributed by atoms with Gasteiger partial charge < -0.3 is 49.1 Å². The van der Waals surface area contributed by atoms with E-state index in [0.717, 1.165) is 0 Å². The number of nitrogens with zero attached hydrogens (tertiary/aromatic N) is 1. The van der Waals surface area contributed by atoms with Gasteiger partial charge in [-0.15, -0.1) is 0 Å². The minimum absolute atomic E-state index is 0.0137.